The Kier molecular flexibility index (Phi) is 8.28. The number of hydrogen-bond donors (Lipinski definition) is 1. The average molecular weight is 448 g/mol. The van der Waals surface area contributed by atoms with Crippen LogP contribution < -0.4 is 5.73 Å². The standard InChI is InChI=1S/C15H19N3O.C12H14O2/c16-14-10-17-18(11-14)15(12-4-2-1-3-5-12)13-6-8-19-9-7-13;13-12(10-4-2-1-3-5-10)11-6-8-14-9-7-11/h1-5,10-11,13,15H,6-9,16H2;1-5,11H,6-9H2. The number of ether oxygens (including phenoxy) is 2. The van der Waals surface area contributed by atoms with Gasteiger partial charge in [-0.3, -0.25) is 9.48 Å². The maximum absolute atomic E-state index is 11.9. The van der Waals surface area contributed by atoms with E-state index >= 15 is 0 Å². The zero-order valence-electron chi connectivity index (χ0n) is 19.0. The van der Waals surface area contributed by atoms with Gasteiger partial charge in [-0.25, -0.2) is 0 Å². The van der Waals surface area contributed by atoms with Gasteiger partial charge in [-0.2, -0.15) is 5.10 Å². The predicted octanol–water partition coefficient (Wildman–Crippen LogP) is 4.78. The Balaban J connectivity index is 0.000000165. The Labute approximate surface area is 195 Å². The van der Waals surface area contributed by atoms with Crippen molar-refractivity contribution in [3.05, 3.63) is 84.2 Å². The van der Waals surface area contributed by atoms with Crippen LogP contribution in [0.5, 0.6) is 0 Å². The Hall–Kier alpha value is -2.96. The van der Waals surface area contributed by atoms with Crippen LogP contribution in [0.15, 0.2) is 73.1 Å². The lowest BCUT2D eigenvalue weighted by Gasteiger charge is -2.30. The minimum atomic E-state index is 0.172. The largest absolute Gasteiger partial charge is 0.396 e. The van der Waals surface area contributed by atoms with Gasteiger partial charge in [0.1, 0.15) is 0 Å². The maximum atomic E-state index is 11.9. The molecule has 6 nitrogen and oxygen atoms in total. The molecule has 2 N–H and O–H groups in total. The van der Waals surface area contributed by atoms with Crippen molar-refractivity contribution in [1.82, 2.24) is 9.78 Å². The van der Waals surface area contributed by atoms with E-state index in [0.717, 1.165) is 57.7 Å². The number of nitrogens with zero attached hydrogens (tertiary/aromatic N) is 2. The van der Waals surface area contributed by atoms with Crippen molar-refractivity contribution >= 4 is 11.5 Å². The molecule has 0 radical (unpaired) electrons. The van der Waals surface area contributed by atoms with Crippen LogP contribution in [0.4, 0.5) is 5.69 Å². The number of rotatable bonds is 5. The fourth-order valence-corrected chi connectivity index (χ4v) is 4.63. The molecule has 1 unspecified atom stereocenters. The van der Waals surface area contributed by atoms with Gasteiger partial charge in [-0.1, -0.05) is 60.7 Å². The highest BCUT2D eigenvalue weighted by Crippen LogP contribution is 2.33. The number of Topliss-reactive ketones (excluding diaryl/α,β-unsaturated/α-hetero) is 1. The molecule has 2 aliphatic heterocycles. The van der Waals surface area contributed by atoms with E-state index in [0.29, 0.717) is 11.6 Å². The summed E-state index contributed by atoms with van der Waals surface area (Å²) in [5, 5.41) is 4.42. The molecule has 174 valence electrons. The number of carbonyl (C=O) groups is 1. The van der Waals surface area contributed by atoms with Crippen LogP contribution >= 0.6 is 0 Å². The minimum absolute atomic E-state index is 0.172. The van der Waals surface area contributed by atoms with Gasteiger partial charge in [0.15, 0.2) is 5.78 Å². The number of hydrogen-bond acceptors (Lipinski definition) is 5. The number of nitrogen functional groups attached to an aromatic ring is 1. The van der Waals surface area contributed by atoms with E-state index in [1.165, 1.54) is 5.56 Å². The molecular formula is C27H33N3O3. The Morgan fingerprint density at radius 2 is 1.45 bits per heavy atom. The molecule has 3 aromatic rings. The maximum Gasteiger partial charge on any atom is 0.166 e. The monoisotopic (exact) mass is 447 g/mol. The first-order valence-corrected chi connectivity index (χ1v) is 11.8. The van der Waals surface area contributed by atoms with E-state index in [-0.39, 0.29) is 17.7 Å². The lowest BCUT2D eigenvalue weighted by atomic mass is 9.87. The summed E-state index contributed by atoms with van der Waals surface area (Å²) in [6.07, 6.45) is 7.52. The van der Waals surface area contributed by atoms with E-state index in [2.05, 4.69) is 29.4 Å². The van der Waals surface area contributed by atoms with Crippen molar-refractivity contribution < 1.29 is 14.3 Å². The molecule has 0 bridgehead atoms. The second-order valence-corrected chi connectivity index (χ2v) is 8.68. The van der Waals surface area contributed by atoms with Crippen molar-refractivity contribution in [2.45, 2.75) is 31.7 Å². The van der Waals surface area contributed by atoms with Crippen LogP contribution in [-0.2, 0) is 9.47 Å². The number of aromatic nitrogens is 2. The molecule has 0 spiro atoms. The van der Waals surface area contributed by atoms with Crippen molar-refractivity contribution in [3.8, 4) is 0 Å². The molecule has 2 aromatic carbocycles. The van der Waals surface area contributed by atoms with Crippen LogP contribution in [0.3, 0.4) is 0 Å². The first kappa shape index (κ1) is 23.2. The van der Waals surface area contributed by atoms with E-state index < -0.39 is 0 Å². The summed E-state index contributed by atoms with van der Waals surface area (Å²) >= 11 is 0. The molecule has 6 heteroatoms. The summed E-state index contributed by atoms with van der Waals surface area (Å²) in [6, 6.07) is 20.3. The summed E-state index contributed by atoms with van der Waals surface area (Å²) in [4.78, 5) is 11.9. The van der Waals surface area contributed by atoms with Gasteiger partial charge in [0.25, 0.3) is 0 Å². The fraction of sp³-hybridized carbons (Fsp3) is 0.407. The molecule has 0 amide bonds. The molecule has 33 heavy (non-hydrogen) atoms. The highest BCUT2D eigenvalue weighted by atomic mass is 16.5. The first-order chi connectivity index (χ1) is 16.2. The van der Waals surface area contributed by atoms with Crippen molar-refractivity contribution in [2.24, 2.45) is 11.8 Å². The highest BCUT2D eigenvalue weighted by Gasteiger charge is 2.27. The number of anilines is 1. The lowest BCUT2D eigenvalue weighted by Crippen LogP contribution is -2.27. The van der Waals surface area contributed by atoms with Gasteiger partial charge in [0.05, 0.1) is 17.9 Å². The second-order valence-electron chi connectivity index (χ2n) is 8.68. The molecule has 2 fully saturated rings. The Bertz CT molecular complexity index is 978. The second kappa shape index (κ2) is 11.8. The normalized spacial score (nSPS) is 18.2. The van der Waals surface area contributed by atoms with Crippen LogP contribution in [0.1, 0.15) is 47.6 Å². The quantitative estimate of drug-likeness (QED) is 0.570. The van der Waals surface area contributed by atoms with Crippen molar-refractivity contribution in [3.63, 3.8) is 0 Å². The third-order valence-corrected chi connectivity index (χ3v) is 6.41. The molecule has 2 saturated heterocycles. The van der Waals surface area contributed by atoms with E-state index in [9.17, 15) is 4.79 Å². The SMILES string of the molecule is Nc1cnn(C(c2ccccc2)C2CCOCC2)c1.O=C(c1ccccc1)C1CCOCC1. The van der Waals surface area contributed by atoms with Gasteiger partial charge in [-0.15, -0.1) is 0 Å². The van der Waals surface area contributed by atoms with Crippen LogP contribution in [0.25, 0.3) is 0 Å². The number of carbonyl (C=O) groups excluding carboxylic acids is 1. The van der Waals surface area contributed by atoms with Gasteiger partial charge in [0.2, 0.25) is 0 Å². The summed E-state index contributed by atoms with van der Waals surface area (Å²) in [5.74, 6) is 0.996. The molecule has 0 saturated carbocycles. The average Bonchev–Trinajstić information content (AvgIpc) is 3.32. The Morgan fingerprint density at radius 1 is 0.879 bits per heavy atom. The van der Waals surface area contributed by atoms with Crippen molar-refractivity contribution in [1.29, 1.82) is 0 Å². The van der Waals surface area contributed by atoms with E-state index in [1.807, 2.05) is 47.3 Å². The molecule has 1 aromatic heterocycles. The van der Waals surface area contributed by atoms with Gasteiger partial charge < -0.3 is 15.2 Å². The van der Waals surface area contributed by atoms with Gasteiger partial charge >= 0.3 is 0 Å². The number of nitrogens with two attached hydrogens (primary N) is 1. The summed E-state index contributed by atoms with van der Waals surface area (Å²) in [5.41, 5.74) is 8.65. The lowest BCUT2D eigenvalue weighted by molar-refractivity contribution is 0.0527. The third kappa shape index (κ3) is 6.30. The minimum Gasteiger partial charge on any atom is -0.396 e. The summed E-state index contributed by atoms with van der Waals surface area (Å²) in [6.45, 7) is 3.13. The first-order valence-electron chi connectivity index (χ1n) is 11.8. The number of ketones is 1. The van der Waals surface area contributed by atoms with Crippen LogP contribution in [0.2, 0.25) is 0 Å². The topological polar surface area (TPSA) is 79.4 Å². The molecular weight excluding hydrogens is 414 g/mol. The van der Waals surface area contributed by atoms with E-state index in [1.54, 1.807) is 6.20 Å². The molecule has 5 rings (SSSR count). The van der Waals surface area contributed by atoms with Gasteiger partial charge in [0, 0.05) is 44.1 Å². The smallest absolute Gasteiger partial charge is 0.166 e. The molecule has 0 aliphatic carbocycles. The van der Waals surface area contributed by atoms with Crippen LogP contribution in [0, 0.1) is 11.8 Å². The molecule has 3 heterocycles. The third-order valence-electron chi connectivity index (χ3n) is 6.41. The molecule has 2 aliphatic rings. The van der Waals surface area contributed by atoms with Gasteiger partial charge in [-0.05, 0) is 37.2 Å². The molecule has 1 atom stereocenters. The summed E-state index contributed by atoms with van der Waals surface area (Å²) in [7, 11) is 0. The zero-order valence-corrected chi connectivity index (χ0v) is 19.0. The number of benzene rings is 2. The van der Waals surface area contributed by atoms with Crippen molar-refractivity contribution in [2.75, 3.05) is 32.2 Å². The zero-order chi connectivity index (χ0) is 22.9. The Morgan fingerprint density at radius 3 is 2.03 bits per heavy atom. The van der Waals surface area contributed by atoms with Crippen LogP contribution in [-0.4, -0.2) is 42.0 Å². The highest BCUT2D eigenvalue weighted by molar-refractivity contribution is 5.97. The van der Waals surface area contributed by atoms with E-state index in [4.69, 9.17) is 15.2 Å². The predicted molar refractivity (Wildman–Crippen MR) is 129 cm³/mol. The fourth-order valence-electron chi connectivity index (χ4n) is 4.63. The summed E-state index contributed by atoms with van der Waals surface area (Å²) < 4.78 is 12.7.